The molecule has 156 valence electrons. The topological polar surface area (TPSA) is 34.6 Å². The molecule has 3 heterocycles. The monoisotopic (exact) mass is 402 g/mol. The van der Waals surface area contributed by atoms with Crippen LogP contribution in [0.4, 0.5) is 0 Å². The van der Waals surface area contributed by atoms with Gasteiger partial charge < -0.3 is 4.74 Å². The van der Waals surface area contributed by atoms with E-state index in [4.69, 9.17) is 9.57 Å². The molecular weight excluding hydrogens is 372 g/mol. The van der Waals surface area contributed by atoms with Gasteiger partial charge in [-0.1, -0.05) is 18.2 Å². The van der Waals surface area contributed by atoms with Gasteiger partial charge in [-0.3, -0.25) is 9.82 Å². The first-order valence-electron chi connectivity index (χ1n) is 11.1. The Morgan fingerprint density at radius 2 is 1.77 bits per heavy atom. The van der Waals surface area contributed by atoms with Crippen LogP contribution in [-0.4, -0.2) is 34.8 Å². The highest BCUT2D eigenvalue weighted by atomic mass is 16.7. The summed E-state index contributed by atoms with van der Waals surface area (Å²) in [5, 5.41) is 4.56. The maximum atomic E-state index is 6.60. The zero-order valence-electron chi connectivity index (χ0n) is 18.1. The Hall–Kier alpha value is -2.43. The molecule has 0 saturated carbocycles. The summed E-state index contributed by atoms with van der Waals surface area (Å²) in [7, 11) is 0. The predicted molar refractivity (Wildman–Crippen MR) is 121 cm³/mol. The predicted octanol–water partition coefficient (Wildman–Crippen LogP) is 5.71. The van der Waals surface area contributed by atoms with Crippen LogP contribution in [0.1, 0.15) is 44.4 Å². The van der Waals surface area contributed by atoms with Gasteiger partial charge in [0.1, 0.15) is 11.4 Å². The maximum Gasteiger partial charge on any atom is 0.123 e. The standard InChI is InChI=1S/C26H30N2O2/c1-18(2)30-28-14-11-26(12-15-28)10-8-23-17-21(5-7-25(23)29-26)20-4-6-24-19(3)27-13-9-22(24)16-20/h4-7,9,13,16-18H,8,10-12,14-15H2,1-3H3. The van der Waals surface area contributed by atoms with Gasteiger partial charge in [-0.15, -0.1) is 0 Å². The fourth-order valence-electron chi connectivity index (χ4n) is 4.86. The van der Waals surface area contributed by atoms with Crippen LogP contribution >= 0.6 is 0 Å². The number of hydrogen-bond donors (Lipinski definition) is 0. The molecule has 30 heavy (non-hydrogen) atoms. The summed E-state index contributed by atoms with van der Waals surface area (Å²) in [6, 6.07) is 15.4. The maximum absolute atomic E-state index is 6.60. The van der Waals surface area contributed by atoms with Crippen molar-refractivity contribution in [2.24, 2.45) is 0 Å². The van der Waals surface area contributed by atoms with E-state index in [2.05, 4.69) is 73.3 Å². The molecular formula is C26H30N2O2. The molecule has 1 saturated heterocycles. The lowest BCUT2D eigenvalue weighted by Crippen LogP contribution is -2.50. The van der Waals surface area contributed by atoms with Crippen molar-refractivity contribution < 1.29 is 9.57 Å². The highest BCUT2D eigenvalue weighted by Crippen LogP contribution is 2.41. The van der Waals surface area contributed by atoms with Crippen molar-refractivity contribution in [1.29, 1.82) is 0 Å². The smallest absolute Gasteiger partial charge is 0.123 e. The summed E-state index contributed by atoms with van der Waals surface area (Å²) in [5.74, 6) is 1.06. The highest BCUT2D eigenvalue weighted by molar-refractivity contribution is 5.88. The second-order valence-corrected chi connectivity index (χ2v) is 9.02. The number of piperidine rings is 1. The first-order valence-corrected chi connectivity index (χ1v) is 11.1. The van der Waals surface area contributed by atoms with Gasteiger partial charge in [0, 0.05) is 43.2 Å². The van der Waals surface area contributed by atoms with Crippen LogP contribution in [0.3, 0.4) is 0 Å². The van der Waals surface area contributed by atoms with Crippen LogP contribution in [0.25, 0.3) is 21.9 Å². The molecule has 4 heteroatoms. The van der Waals surface area contributed by atoms with E-state index in [9.17, 15) is 0 Å². The number of rotatable bonds is 3. The lowest BCUT2D eigenvalue weighted by Gasteiger charge is -2.44. The minimum Gasteiger partial charge on any atom is -0.487 e. The molecule has 0 amide bonds. The Bertz CT molecular complexity index is 1070. The largest absolute Gasteiger partial charge is 0.487 e. The SMILES string of the molecule is Cc1nccc2cc(-c3ccc4c(c3)CCC3(CCN(OC(C)C)CC3)O4)ccc12. The van der Waals surface area contributed by atoms with E-state index in [1.807, 2.05) is 6.20 Å². The first-order chi connectivity index (χ1) is 14.5. The molecule has 0 aliphatic carbocycles. The molecule has 2 aliphatic rings. The number of fused-ring (bicyclic) bond motifs is 2. The van der Waals surface area contributed by atoms with Gasteiger partial charge in [-0.05, 0) is 80.0 Å². The molecule has 3 aromatic rings. The molecule has 2 aliphatic heterocycles. The summed E-state index contributed by atoms with van der Waals surface area (Å²) in [5.41, 5.74) is 4.87. The van der Waals surface area contributed by atoms with Crippen molar-refractivity contribution in [3.63, 3.8) is 0 Å². The number of ether oxygens (including phenoxy) is 1. The van der Waals surface area contributed by atoms with Crippen molar-refractivity contribution >= 4 is 10.8 Å². The normalized spacial score (nSPS) is 18.5. The summed E-state index contributed by atoms with van der Waals surface area (Å²) in [4.78, 5) is 10.3. The summed E-state index contributed by atoms with van der Waals surface area (Å²) < 4.78 is 6.60. The average Bonchev–Trinajstić information content (AvgIpc) is 2.75. The molecule has 0 unspecified atom stereocenters. The third-order valence-corrected chi connectivity index (χ3v) is 6.53. The van der Waals surface area contributed by atoms with Crippen LogP contribution in [0.15, 0.2) is 48.7 Å². The lowest BCUT2D eigenvalue weighted by molar-refractivity contribution is -0.214. The molecule has 0 atom stereocenters. The average molecular weight is 403 g/mol. The Morgan fingerprint density at radius 3 is 2.57 bits per heavy atom. The van der Waals surface area contributed by atoms with Crippen molar-refractivity contribution in [3.05, 3.63) is 59.9 Å². The van der Waals surface area contributed by atoms with Gasteiger partial charge in [0.15, 0.2) is 0 Å². The molecule has 1 spiro atoms. The highest BCUT2D eigenvalue weighted by Gasteiger charge is 2.40. The number of aryl methyl sites for hydroxylation is 2. The summed E-state index contributed by atoms with van der Waals surface area (Å²) in [6.45, 7) is 8.12. The van der Waals surface area contributed by atoms with E-state index in [1.165, 1.54) is 27.5 Å². The Morgan fingerprint density at radius 1 is 1.00 bits per heavy atom. The number of pyridine rings is 1. The zero-order valence-corrected chi connectivity index (χ0v) is 18.1. The van der Waals surface area contributed by atoms with Gasteiger partial charge in [0.05, 0.1) is 6.10 Å². The van der Waals surface area contributed by atoms with Crippen LogP contribution in [0.5, 0.6) is 5.75 Å². The van der Waals surface area contributed by atoms with Crippen LogP contribution in [0.2, 0.25) is 0 Å². The van der Waals surface area contributed by atoms with Gasteiger partial charge in [-0.2, -0.15) is 5.06 Å². The lowest BCUT2D eigenvalue weighted by atomic mass is 9.83. The number of benzene rings is 2. The molecule has 0 radical (unpaired) electrons. The molecule has 4 nitrogen and oxygen atoms in total. The fourth-order valence-corrected chi connectivity index (χ4v) is 4.86. The Labute approximate surface area is 178 Å². The molecule has 5 rings (SSSR count). The molecule has 0 bridgehead atoms. The van der Waals surface area contributed by atoms with E-state index >= 15 is 0 Å². The number of nitrogens with zero attached hydrogens (tertiary/aromatic N) is 2. The van der Waals surface area contributed by atoms with Crippen molar-refractivity contribution in [1.82, 2.24) is 10.0 Å². The third-order valence-electron chi connectivity index (χ3n) is 6.53. The van der Waals surface area contributed by atoms with Crippen LogP contribution in [0, 0.1) is 6.92 Å². The summed E-state index contributed by atoms with van der Waals surface area (Å²) >= 11 is 0. The molecule has 0 N–H and O–H groups in total. The van der Waals surface area contributed by atoms with E-state index in [0.29, 0.717) is 0 Å². The number of aromatic nitrogens is 1. The second-order valence-electron chi connectivity index (χ2n) is 9.02. The minimum absolute atomic E-state index is 0.0289. The Balaban J connectivity index is 1.35. The van der Waals surface area contributed by atoms with E-state index < -0.39 is 0 Å². The fraction of sp³-hybridized carbons (Fsp3) is 0.423. The van der Waals surface area contributed by atoms with E-state index in [1.54, 1.807) is 0 Å². The zero-order chi connectivity index (χ0) is 20.7. The molecule has 1 aromatic heterocycles. The first kappa shape index (κ1) is 19.5. The summed E-state index contributed by atoms with van der Waals surface area (Å²) in [6.07, 6.45) is 6.34. The van der Waals surface area contributed by atoms with Crippen LogP contribution < -0.4 is 4.74 Å². The van der Waals surface area contributed by atoms with Crippen LogP contribution in [-0.2, 0) is 11.3 Å². The van der Waals surface area contributed by atoms with Crippen molar-refractivity contribution in [2.45, 2.75) is 58.2 Å². The second kappa shape index (κ2) is 7.68. The third kappa shape index (κ3) is 3.70. The number of hydroxylamine groups is 2. The van der Waals surface area contributed by atoms with E-state index in [-0.39, 0.29) is 11.7 Å². The van der Waals surface area contributed by atoms with Gasteiger partial charge in [-0.25, -0.2) is 0 Å². The van der Waals surface area contributed by atoms with Gasteiger partial charge in [0.2, 0.25) is 0 Å². The molecule has 2 aromatic carbocycles. The quantitative estimate of drug-likeness (QED) is 0.562. The Kier molecular flexibility index (Phi) is 5.00. The van der Waals surface area contributed by atoms with Gasteiger partial charge in [0.25, 0.3) is 0 Å². The number of hydrogen-bond acceptors (Lipinski definition) is 4. The van der Waals surface area contributed by atoms with Crippen molar-refractivity contribution in [3.8, 4) is 16.9 Å². The van der Waals surface area contributed by atoms with Crippen molar-refractivity contribution in [2.75, 3.05) is 13.1 Å². The van der Waals surface area contributed by atoms with E-state index in [0.717, 1.165) is 50.2 Å². The van der Waals surface area contributed by atoms with Gasteiger partial charge >= 0.3 is 0 Å². The minimum atomic E-state index is -0.0289. The molecule has 1 fully saturated rings.